The van der Waals surface area contributed by atoms with E-state index in [-0.39, 0.29) is 16.4 Å². The van der Waals surface area contributed by atoms with Crippen LogP contribution in [0.15, 0.2) is 12.1 Å². The SMILES string of the molecule is CC(=O)SCC(O)C(O)c1cc(C(=O)O)c(O)cc1O. The van der Waals surface area contributed by atoms with E-state index in [0.29, 0.717) is 0 Å². The number of phenolic OH excluding ortho intramolecular Hbond substituents is 1. The lowest BCUT2D eigenvalue weighted by atomic mass is 10.0. The first-order valence-electron chi connectivity index (χ1n) is 5.52. The van der Waals surface area contributed by atoms with E-state index in [1.54, 1.807) is 0 Å². The first-order chi connectivity index (χ1) is 9.23. The molecular weight excluding hydrogens is 288 g/mol. The maximum absolute atomic E-state index is 10.9. The molecule has 7 nitrogen and oxygen atoms in total. The second-order valence-electron chi connectivity index (χ2n) is 4.05. The second-order valence-corrected chi connectivity index (χ2v) is 5.25. The lowest BCUT2D eigenvalue weighted by Crippen LogP contribution is -2.21. The lowest BCUT2D eigenvalue weighted by molar-refractivity contribution is -0.109. The predicted octanol–water partition coefficient (Wildman–Crippen LogP) is 0.470. The van der Waals surface area contributed by atoms with Crippen LogP contribution in [0.5, 0.6) is 11.5 Å². The summed E-state index contributed by atoms with van der Waals surface area (Å²) < 4.78 is 0. The number of aliphatic hydroxyl groups excluding tert-OH is 2. The highest BCUT2D eigenvalue weighted by Crippen LogP contribution is 2.33. The third kappa shape index (κ3) is 3.86. The van der Waals surface area contributed by atoms with Crippen molar-refractivity contribution in [2.45, 2.75) is 19.1 Å². The fourth-order valence-electron chi connectivity index (χ4n) is 1.50. The summed E-state index contributed by atoms with van der Waals surface area (Å²) >= 11 is 0.786. The molecule has 0 spiro atoms. The summed E-state index contributed by atoms with van der Waals surface area (Å²) in [6.07, 6.45) is -2.96. The predicted molar refractivity (Wildman–Crippen MR) is 70.8 cm³/mol. The van der Waals surface area contributed by atoms with Gasteiger partial charge >= 0.3 is 5.97 Å². The highest BCUT2D eigenvalue weighted by molar-refractivity contribution is 8.13. The normalized spacial score (nSPS) is 13.8. The van der Waals surface area contributed by atoms with Gasteiger partial charge in [0.1, 0.15) is 23.2 Å². The van der Waals surface area contributed by atoms with Crippen LogP contribution in [-0.2, 0) is 4.79 Å². The Labute approximate surface area is 118 Å². The zero-order valence-corrected chi connectivity index (χ0v) is 11.3. The zero-order valence-electron chi connectivity index (χ0n) is 10.5. The third-order valence-electron chi connectivity index (χ3n) is 2.52. The van der Waals surface area contributed by atoms with Gasteiger partial charge in [-0.3, -0.25) is 4.79 Å². The Kier molecular flexibility index (Phi) is 5.37. The van der Waals surface area contributed by atoms with Gasteiger partial charge in [0.2, 0.25) is 0 Å². The van der Waals surface area contributed by atoms with Crippen LogP contribution >= 0.6 is 11.8 Å². The van der Waals surface area contributed by atoms with E-state index >= 15 is 0 Å². The van der Waals surface area contributed by atoms with Gasteiger partial charge in [-0.05, 0) is 6.07 Å². The highest BCUT2D eigenvalue weighted by atomic mass is 32.2. The van der Waals surface area contributed by atoms with E-state index < -0.39 is 35.2 Å². The van der Waals surface area contributed by atoms with Crippen molar-refractivity contribution in [3.8, 4) is 11.5 Å². The molecule has 0 amide bonds. The molecule has 0 bridgehead atoms. The van der Waals surface area contributed by atoms with E-state index in [1.807, 2.05) is 0 Å². The number of carbonyl (C=O) groups is 2. The number of rotatable bonds is 5. The monoisotopic (exact) mass is 302 g/mol. The minimum absolute atomic E-state index is 0.112. The van der Waals surface area contributed by atoms with Crippen LogP contribution < -0.4 is 0 Å². The van der Waals surface area contributed by atoms with Crippen molar-refractivity contribution in [3.05, 3.63) is 23.3 Å². The molecule has 0 radical (unpaired) electrons. The molecule has 1 aromatic carbocycles. The van der Waals surface area contributed by atoms with Crippen LogP contribution in [0.2, 0.25) is 0 Å². The molecule has 0 heterocycles. The smallest absolute Gasteiger partial charge is 0.339 e. The van der Waals surface area contributed by atoms with Gasteiger partial charge in [-0.1, -0.05) is 11.8 Å². The van der Waals surface area contributed by atoms with Gasteiger partial charge in [-0.2, -0.15) is 0 Å². The van der Waals surface area contributed by atoms with Gasteiger partial charge in [0, 0.05) is 24.3 Å². The minimum Gasteiger partial charge on any atom is -0.507 e. The van der Waals surface area contributed by atoms with Crippen molar-refractivity contribution in [2.24, 2.45) is 0 Å². The third-order valence-corrected chi connectivity index (χ3v) is 3.43. The van der Waals surface area contributed by atoms with E-state index in [4.69, 9.17) is 5.11 Å². The number of hydrogen-bond acceptors (Lipinski definition) is 7. The Morgan fingerprint density at radius 1 is 1.20 bits per heavy atom. The quantitative estimate of drug-likeness (QED) is 0.529. The first kappa shape index (κ1) is 16.3. The van der Waals surface area contributed by atoms with Crippen molar-refractivity contribution >= 4 is 22.8 Å². The number of aromatic carboxylic acids is 1. The van der Waals surface area contributed by atoms with Crippen molar-refractivity contribution in [3.63, 3.8) is 0 Å². The number of carbonyl (C=O) groups excluding carboxylic acids is 1. The van der Waals surface area contributed by atoms with Crippen LogP contribution in [0.25, 0.3) is 0 Å². The van der Waals surface area contributed by atoms with Gasteiger partial charge in [-0.15, -0.1) is 0 Å². The molecule has 1 rings (SSSR count). The maximum Gasteiger partial charge on any atom is 0.339 e. The highest BCUT2D eigenvalue weighted by Gasteiger charge is 2.25. The number of aliphatic hydroxyl groups is 2. The summed E-state index contributed by atoms with van der Waals surface area (Å²) in [6.45, 7) is 1.30. The van der Waals surface area contributed by atoms with Gasteiger partial charge in [0.05, 0.1) is 6.10 Å². The fraction of sp³-hybridized carbons (Fsp3) is 0.333. The van der Waals surface area contributed by atoms with Crippen LogP contribution in [0.4, 0.5) is 0 Å². The Bertz CT molecular complexity index is 529. The van der Waals surface area contributed by atoms with Gasteiger partial charge < -0.3 is 25.5 Å². The fourth-order valence-corrected chi connectivity index (χ4v) is 2.09. The van der Waals surface area contributed by atoms with Crippen molar-refractivity contribution in [1.82, 2.24) is 0 Å². The Balaban J connectivity index is 3.02. The molecule has 0 fully saturated rings. The zero-order chi connectivity index (χ0) is 15.4. The number of benzene rings is 1. The molecule has 0 aliphatic heterocycles. The number of phenols is 2. The molecule has 1 aromatic rings. The second kappa shape index (κ2) is 6.60. The van der Waals surface area contributed by atoms with E-state index in [2.05, 4.69) is 0 Å². The van der Waals surface area contributed by atoms with Crippen molar-refractivity contribution in [2.75, 3.05) is 5.75 Å². The average Bonchev–Trinajstić information content (AvgIpc) is 2.34. The molecule has 110 valence electrons. The van der Waals surface area contributed by atoms with E-state index in [1.165, 1.54) is 6.92 Å². The van der Waals surface area contributed by atoms with Crippen LogP contribution in [0.1, 0.15) is 28.9 Å². The minimum atomic E-state index is -1.58. The molecule has 5 N–H and O–H groups in total. The molecule has 20 heavy (non-hydrogen) atoms. The molecular formula is C12H14O7S. The van der Waals surface area contributed by atoms with E-state index in [0.717, 1.165) is 23.9 Å². The Morgan fingerprint density at radius 3 is 2.30 bits per heavy atom. The van der Waals surface area contributed by atoms with Crippen molar-refractivity contribution in [1.29, 1.82) is 0 Å². The Morgan fingerprint density at radius 2 is 1.80 bits per heavy atom. The summed E-state index contributed by atoms with van der Waals surface area (Å²) in [7, 11) is 0. The molecule has 0 aromatic heterocycles. The number of carboxylic acids is 1. The molecule has 8 heteroatoms. The topological polar surface area (TPSA) is 135 Å². The van der Waals surface area contributed by atoms with Crippen molar-refractivity contribution < 1.29 is 35.1 Å². The average molecular weight is 302 g/mol. The summed E-state index contributed by atoms with van der Waals surface area (Å²) in [5.41, 5.74) is -0.750. The van der Waals surface area contributed by atoms with Gasteiger partial charge in [0.25, 0.3) is 0 Å². The number of thioether (sulfide) groups is 1. The molecule has 2 atom stereocenters. The van der Waals surface area contributed by atoms with Crippen LogP contribution in [-0.4, -0.2) is 48.5 Å². The van der Waals surface area contributed by atoms with Gasteiger partial charge in [-0.25, -0.2) is 4.79 Å². The number of aromatic hydroxyl groups is 2. The summed E-state index contributed by atoms with van der Waals surface area (Å²) in [4.78, 5) is 21.6. The van der Waals surface area contributed by atoms with E-state index in [9.17, 15) is 30.0 Å². The molecule has 0 aliphatic rings. The van der Waals surface area contributed by atoms with Gasteiger partial charge in [0.15, 0.2) is 5.12 Å². The maximum atomic E-state index is 10.9. The van der Waals surface area contributed by atoms with Crippen LogP contribution in [0, 0.1) is 0 Å². The molecule has 0 saturated heterocycles. The Hall–Kier alpha value is -1.77. The number of hydrogen-bond donors (Lipinski definition) is 5. The first-order valence-corrected chi connectivity index (χ1v) is 6.51. The lowest BCUT2D eigenvalue weighted by Gasteiger charge is -2.19. The largest absolute Gasteiger partial charge is 0.507 e. The molecule has 2 unspecified atom stereocenters. The summed E-state index contributed by atoms with van der Waals surface area (Å²) in [5, 5.41) is 47.1. The van der Waals surface area contributed by atoms with Crippen LogP contribution in [0.3, 0.4) is 0 Å². The molecule has 0 aliphatic carbocycles. The summed E-state index contributed by atoms with van der Waals surface area (Å²) in [5.74, 6) is -2.76. The molecule has 0 saturated carbocycles. The standard InChI is InChI=1S/C12H14O7S/c1-5(13)20-4-10(16)11(17)6-2-7(12(18)19)9(15)3-8(6)14/h2-3,10-11,14-17H,4H2,1H3,(H,18,19). The number of carboxylic acid groups (broad SMARTS) is 1. The summed E-state index contributed by atoms with van der Waals surface area (Å²) in [6, 6.07) is 1.65.